The first-order chi connectivity index (χ1) is 14.4. The van der Waals surface area contributed by atoms with Crippen LogP contribution in [-0.2, 0) is 19.4 Å². The van der Waals surface area contributed by atoms with Gasteiger partial charge >= 0.3 is 0 Å². The lowest BCUT2D eigenvalue weighted by molar-refractivity contribution is -0.123. The first-order valence-electron chi connectivity index (χ1n) is 9.62. The van der Waals surface area contributed by atoms with Crippen molar-refractivity contribution in [1.82, 2.24) is 10.2 Å². The second kappa shape index (κ2) is 9.73. The van der Waals surface area contributed by atoms with Crippen LogP contribution in [0.5, 0.6) is 5.75 Å². The number of sulfone groups is 1. The van der Waals surface area contributed by atoms with Crippen molar-refractivity contribution >= 4 is 27.3 Å². The van der Waals surface area contributed by atoms with E-state index in [-0.39, 0.29) is 29.9 Å². The van der Waals surface area contributed by atoms with Crippen molar-refractivity contribution in [3.63, 3.8) is 0 Å². The van der Waals surface area contributed by atoms with Crippen molar-refractivity contribution in [3.05, 3.63) is 60.2 Å². The van der Waals surface area contributed by atoms with Gasteiger partial charge in [0.1, 0.15) is 11.8 Å². The Bertz CT molecular complexity index is 981. The number of hydrogen-bond donors (Lipinski definition) is 2. The van der Waals surface area contributed by atoms with E-state index in [0.717, 1.165) is 5.56 Å². The van der Waals surface area contributed by atoms with Crippen molar-refractivity contribution in [2.45, 2.75) is 6.04 Å². The lowest BCUT2D eigenvalue weighted by atomic mass is 10.0. The van der Waals surface area contributed by atoms with Crippen LogP contribution in [0.3, 0.4) is 0 Å². The molecular weight excluding hydrogens is 406 g/mol. The number of carbonyl (C=O) groups excluding carboxylic acids is 2. The van der Waals surface area contributed by atoms with Crippen LogP contribution in [0.1, 0.15) is 11.6 Å². The van der Waals surface area contributed by atoms with Crippen LogP contribution in [0.4, 0.5) is 5.69 Å². The molecule has 1 fully saturated rings. The molecule has 2 aromatic rings. The molecule has 1 aliphatic heterocycles. The molecule has 8 nitrogen and oxygen atoms in total. The lowest BCUT2D eigenvalue weighted by Gasteiger charge is -2.33. The number of rotatable bonds is 7. The Hall–Kier alpha value is -2.91. The van der Waals surface area contributed by atoms with E-state index in [1.807, 2.05) is 35.2 Å². The van der Waals surface area contributed by atoms with Gasteiger partial charge in [0.2, 0.25) is 5.91 Å². The van der Waals surface area contributed by atoms with Gasteiger partial charge in [-0.05, 0) is 17.7 Å². The molecule has 1 atom stereocenters. The third-order valence-electron chi connectivity index (χ3n) is 4.86. The number of hydrogen-bond acceptors (Lipinski definition) is 6. The second-order valence-corrected chi connectivity index (χ2v) is 9.28. The van der Waals surface area contributed by atoms with Crippen LogP contribution in [0.25, 0.3) is 0 Å². The van der Waals surface area contributed by atoms with E-state index in [0.29, 0.717) is 24.5 Å². The molecule has 3 rings (SSSR count). The van der Waals surface area contributed by atoms with E-state index < -0.39 is 15.9 Å². The zero-order chi connectivity index (χ0) is 21.6. The molecule has 2 amide bonds. The van der Waals surface area contributed by atoms with Gasteiger partial charge in [0.25, 0.3) is 5.91 Å². The Balaban J connectivity index is 1.76. The summed E-state index contributed by atoms with van der Waals surface area (Å²) in [6.45, 7) is 0.470. The molecule has 1 aliphatic rings. The van der Waals surface area contributed by atoms with E-state index in [1.54, 1.807) is 24.3 Å². The average Bonchev–Trinajstić information content (AvgIpc) is 2.74. The molecular formula is C21H25N3O5S. The summed E-state index contributed by atoms with van der Waals surface area (Å²) in [5.74, 6) is 0.00749. The third kappa shape index (κ3) is 5.80. The summed E-state index contributed by atoms with van der Waals surface area (Å²) in [6, 6.07) is 15.5. The Kier molecular flexibility index (Phi) is 7.07. The van der Waals surface area contributed by atoms with E-state index >= 15 is 0 Å². The van der Waals surface area contributed by atoms with E-state index in [9.17, 15) is 18.0 Å². The smallest absolute Gasteiger partial charge is 0.257 e. The molecule has 1 heterocycles. The predicted molar refractivity (Wildman–Crippen MR) is 114 cm³/mol. The van der Waals surface area contributed by atoms with Gasteiger partial charge < -0.3 is 15.4 Å². The molecule has 160 valence electrons. The molecule has 9 heteroatoms. The van der Waals surface area contributed by atoms with Gasteiger partial charge in [-0.15, -0.1) is 0 Å². The van der Waals surface area contributed by atoms with E-state index in [2.05, 4.69) is 10.6 Å². The van der Waals surface area contributed by atoms with Crippen molar-refractivity contribution < 1.29 is 22.7 Å². The minimum absolute atomic E-state index is 0.0342. The molecule has 0 bridgehead atoms. The zero-order valence-corrected chi connectivity index (χ0v) is 17.5. The van der Waals surface area contributed by atoms with Crippen LogP contribution in [0.2, 0.25) is 0 Å². The number of ether oxygens (including phenoxy) is 1. The van der Waals surface area contributed by atoms with Crippen LogP contribution in [-0.4, -0.2) is 63.4 Å². The van der Waals surface area contributed by atoms with Crippen LogP contribution >= 0.6 is 0 Å². The number of nitrogens with zero attached hydrogens (tertiary/aromatic N) is 1. The number of amides is 2. The number of likely N-dealkylation sites (N-methyl/N-ethyl adjacent to an activating group) is 1. The third-order valence-corrected chi connectivity index (χ3v) is 6.47. The van der Waals surface area contributed by atoms with Gasteiger partial charge in [0.05, 0.1) is 11.5 Å². The van der Waals surface area contributed by atoms with Crippen LogP contribution in [0.15, 0.2) is 54.6 Å². The summed E-state index contributed by atoms with van der Waals surface area (Å²) < 4.78 is 29.1. The maximum atomic E-state index is 13.2. The minimum atomic E-state index is -3.06. The Labute approximate surface area is 176 Å². The first-order valence-corrected chi connectivity index (χ1v) is 11.4. The van der Waals surface area contributed by atoms with Crippen molar-refractivity contribution in [2.75, 3.05) is 43.6 Å². The fourth-order valence-electron chi connectivity index (χ4n) is 3.24. The van der Waals surface area contributed by atoms with E-state index in [4.69, 9.17) is 4.74 Å². The molecule has 2 aromatic carbocycles. The van der Waals surface area contributed by atoms with Gasteiger partial charge in [-0.3, -0.25) is 14.5 Å². The van der Waals surface area contributed by atoms with Crippen molar-refractivity contribution in [1.29, 1.82) is 0 Å². The summed E-state index contributed by atoms with van der Waals surface area (Å²) >= 11 is 0. The standard InChI is InChI=1S/C21H25N3O5S/c1-22-19(25)15-29-18-9-5-8-17(14-18)23-21(26)20(16-6-3-2-4-7-16)24-10-12-30(27,28)13-11-24/h2-9,14,20H,10-13,15H2,1H3,(H,22,25)(H,23,26). The average molecular weight is 432 g/mol. The Morgan fingerprint density at radius 1 is 1.07 bits per heavy atom. The number of carbonyl (C=O) groups is 2. The van der Waals surface area contributed by atoms with Crippen molar-refractivity contribution in [2.24, 2.45) is 0 Å². The molecule has 30 heavy (non-hydrogen) atoms. The number of nitrogens with one attached hydrogen (secondary N) is 2. The largest absolute Gasteiger partial charge is 0.484 e. The maximum absolute atomic E-state index is 13.2. The Morgan fingerprint density at radius 2 is 1.77 bits per heavy atom. The normalized spacial score (nSPS) is 17.0. The summed E-state index contributed by atoms with van der Waals surface area (Å²) in [4.78, 5) is 26.4. The maximum Gasteiger partial charge on any atom is 0.257 e. The lowest BCUT2D eigenvalue weighted by Crippen LogP contribution is -2.46. The highest BCUT2D eigenvalue weighted by molar-refractivity contribution is 7.91. The van der Waals surface area contributed by atoms with Gasteiger partial charge in [0, 0.05) is 31.9 Å². The van der Waals surface area contributed by atoms with Crippen LogP contribution < -0.4 is 15.4 Å². The highest BCUT2D eigenvalue weighted by Gasteiger charge is 2.32. The number of benzene rings is 2. The summed E-state index contributed by atoms with van der Waals surface area (Å²) in [5.41, 5.74) is 1.32. The highest BCUT2D eigenvalue weighted by atomic mass is 32.2. The summed E-state index contributed by atoms with van der Waals surface area (Å²) in [7, 11) is -1.53. The number of anilines is 1. The zero-order valence-electron chi connectivity index (χ0n) is 16.7. The summed E-state index contributed by atoms with van der Waals surface area (Å²) in [6.07, 6.45) is 0. The topological polar surface area (TPSA) is 105 Å². The predicted octanol–water partition coefficient (Wildman–Crippen LogP) is 1.22. The molecule has 1 unspecified atom stereocenters. The molecule has 1 saturated heterocycles. The van der Waals surface area contributed by atoms with E-state index in [1.165, 1.54) is 7.05 Å². The second-order valence-electron chi connectivity index (χ2n) is 6.98. The monoisotopic (exact) mass is 431 g/mol. The van der Waals surface area contributed by atoms with Gasteiger partial charge in [-0.25, -0.2) is 8.42 Å². The molecule has 0 radical (unpaired) electrons. The molecule has 0 aromatic heterocycles. The molecule has 2 N–H and O–H groups in total. The van der Waals surface area contributed by atoms with Crippen LogP contribution in [0, 0.1) is 0 Å². The van der Waals surface area contributed by atoms with Gasteiger partial charge in [0.15, 0.2) is 16.4 Å². The highest BCUT2D eigenvalue weighted by Crippen LogP contribution is 2.26. The molecule has 0 spiro atoms. The van der Waals surface area contributed by atoms with Crippen molar-refractivity contribution in [3.8, 4) is 5.75 Å². The minimum Gasteiger partial charge on any atom is -0.484 e. The SMILES string of the molecule is CNC(=O)COc1cccc(NC(=O)C(c2ccccc2)N2CCS(=O)(=O)CC2)c1. The summed E-state index contributed by atoms with van der Waals surface area (Å²) in [5, 5.41) is 5.37. The van der Waals surface area contributed by atoms with Gasteiger partial charge in [-0.1, -0.05) is 36.4 Å². The fourth-order valence-corrected chi connectivity index (χ4v) is 4.47. The quantitative estimate of drug-likeness (QED) is 0.683. The van der Waals surface area contributed by atoms with Gasteiger partial charge in [-0.2, -0.15) is 0 Å². The fraction of sp³-hybridized carbons (Fsp3) is 0.333. The first kappa shape index (κ1) is 21.8. The molecule has 0 saturated carbocycles. The molecule has 0 aliphatic carbocycles. The Morgan fingerprint density at radius 3 is 2.43 bits per heavy atom.